The maximum absolute atomic E-state index is 12.4. The van der Waals surface area contributed by atoms with Crippen molar-refractivity contribution in [1.82, 2.24) is 4.98 Å². The van der Waals surface area contributed by atoms with Gasteiger partial charge in [0.25, 0.3) is 5.91 Å². The summed E-state index contributed by atoms with van der Waals surface area (Å²) in [6, 6.07) is 8.94. The van der Waals surface area contributed by atoms with Crippen LogP contribution in [-0.2, 0) is 4.79 Å². The van der Waals surface area contributed by atoms with Crippen LogP contribution in [-0.4, -0.2) is 16.8 Å². The number of hydrogen-bond donors (Lipinski definition) is 2. The molecule has 0 fully saturated rings. The standard InChI is InChI=1S/C20H25N3O2/c1-12-9-16(7-8-17(12)23-19(25)20(4,5)6)22-18(24)15-10-13(2)21-14(3)11-15/h7-11H,1-6H3,(H,22,24)(H,23,25). The van der Waals surface area contributed by atoms with E-state index in [9.17, 15) is 9.59 Å². The van der Waals surface area contributed by atoms with Crippen molar-refractivity contribution in [2.75, 3.05) is 10.6 Å². The van der Waals surface area contributed by atoms with Gasteiger partial charge < -0.3 is 10.6 Å². The number of aromatic nitrogens is 1. The number of nitrogens with one attached hydrogen (secondary N) is 2. The van der Waals surface area contributed by atoms with Gasteiger partial charge >= 0.3 is 0 Å². The lowest BCUT2D eigenvalue weighted by atomic mass is 9.95. The highest BCUT2D eigenvalue weighted by Gasteiger charge is 2.21. The van der Waals surface area contributed by atoms with Crippen LogP contribution in [0, 0.1) is 26.2 Å². The first kappa shape index (κ1) is 18.6. The smallest absolute Gasteiger partial charge is 0.255 e. The fraction of sp³-hybridized carbons (Fsp3) is 0.350. The minimum absolute atomic E-state index is 0.0462. The average Bonchev–Trinajstić information content (AvgIpc) is 2.47. The Morgan fingerprint density at radius 1 is 0.920 bits per heavy atom. The molecular weight excluding hydrogens is 314 g/mol. The van der Waals surface area contributed by atoms with E-state index in [0.717, 1.165) is 22.6 Å². The first-order valence-electron chi connectivity index (χ1n) is 8.25. The van der Waals surface area contributed by atoms with Gasteiger partial charge in [0.05, 0.1) is 0 Å². The Balaban J connectivity index is 2.15. The van der Waals surface area contributed by atoms with E-state index in [0.29, 0.717) is 11.3 Å². The summed E-state index contributed by atoms with van der Waals surface area (Å²) >= 11 is 0. The SMILES string of the molecule is Cc1cc(C(=O)Nc2ccc(NC(=O)C(C)(C)C)c(C)c2)cc(C)n1. The first-order valence-corrected chi connectivity index (χ1v) is 8.25. The molecule has 1 aromatic heterocycles. The number of hydrogen-bond acceptors (Lipinski definition) is 3. The molecule has 2 aromatic rings. The largest absolute Gasteiger partial charge is 0.325 e. The van der Waals surface area contributed by atoms with E-state index in [-0.39, 0.29) is 11.8 Å². The quantitative estimate of drug-likeness (QED) is 0.878. The number of carbonyl (C=O) groups excluding carboxylic acids is 2. The van der Waals surface area contributed by atoms with Crippen molar-refractivity contribution in [2.45, 2.75) is 41.5 Å². The van der Waals surface area contributed by atoms with Crippen molar-refractivity contribution in [3.05, 3.63) is 52.8 Å². The zero-order valence-electron chi connectivity index (χ0n) is 15.7. The minimum atomic E-state index is -0.462. The van der Waals surface area contributed by atoms with Crippen molar-refractivity contribution in [2.24, 2.45) is 5.41 Å². The third-order valence-electron chi connectivity index (χ3n) is 3.76. The molecule has 0 spiro atoms. The van der Waals surface area contributed by atoms with Gasteiger partial charge in [0.2, 0.25) is 5.91 Å². The lowest BCUT2D eigenvalue weighted by Crippen LogP contribution is -2.27. The molecule has 0 aliphatic rings. The van der Waals surface area contributed by atoms with Crippen LogP contribution in [0.2, 0.25) is 0 Å². The summed E-state index contributed by atoms with van der Waals surface area (Å²) < 4.78 is 0. The number of nitrogens with zero attached hydrogens (tertiary/aromatic N) is 1. The van der Waals surface area contributed by atoms with Crippen LogP contribution in [0.25, 0.3) is 0 Å². The number of anilines is 2. The number of rotatable bonds is 3. The Labute approximate surface area is 148 Å². The minimum Gasteiger partial charge on any atom is -0.325 e. The van der Waals surface area contributed by atoms with Crippen molar-refractivity contribution in [1.29, 1.82) is 0 Å². The molecule has 0 aliphatic heterocycles. The van der Waals surface area contributed by atoms with Crippen LogP contribution in [0.4, 0.5) is 11.4 Å². The Hall–Kier alpha value is -2.69. The van der Waals surface area contributed by atoms with Gasteiger partial charge in [-0.25, -0.2) is 0 Å². The van der Waals surface area contributed by atoms with Crippen LogP contribution in [0.5, 0.6) is 0 Å². The Bertz CT molecular complexity index is 800. The highest BCUT2D eigenvalue weighted by Crippen LogP contribution is 2.23. The lowest BCUT2D eigenvalue weighted by Gasteiger charge is -2.19. The molecule has 2 rings (SSSR count). The fourth-order valence-corrected chi connectivity index (χ4v) is 2.36. The van der Waals surface area contributed by atoms with Gasteiger partial charge in [0.15, 0.2) is 0 Å². The topological polar surface area (TPSA) is 71.1 Å². The van der Waals surface area contributed by atoms with Crippen molar-refractivity contribution in [3.8, 4) is 0 Å². The molecule has 0 atom stereocenters. The number of carbonyl (C=O) groups is 2. The van der Waals surface area contributed by atoms with Crippen LogP contribution in [0.3, 0.4) is 0 Å². The van der Waals surface area contributed by atoms with Crippen molar-refractivity contribution < 1.29 is 9.59 Å². The van der Waals surface area contributed by atoms with Gasteiger partial charge in [-0.2, -0.15) is 0 Å². The highest BCUT2D eigenvalue weighted by atomic mass is 16.2. The molecule has 0 radical (unpaired) electrons. The third-order valence-corrected chi connectivity index (χ3v) is 3.76. The molecule has 0 saturated heterocycles. The van der Waals surface area contributed by atoms with Gasteiger partial charge in [0.1, 0.15) is 0 Å². The summed E-state index contributed by atoms with van der Waals surface area (Å²) in [5, 5.41) is 5.80. The van der Waals surface area contributed by atoms with E-state index >= 15 is 0 Å². The van der Waals surface area contributed by atoms with E-state index in [2.05, 4.69) is 15.6 Å². The second-order valence-corrected chi connectivity index (χ2v) is 7.33. The van der Waals surface area contributed by atoms with E-state index in [4.69, 9.17) is 0 Å². The van der Waals surface area contributed by atoms with E-state index in [1.54, 1.807) is 24.3 Å². The zero-order valence-corrected chi connectivity index (χ0v) is 15.7. The predicted octanol–water partition coefficient (Wildman–Crippen LogP) is 4.24. The van der Waals surface area contributed by atoms with Crippen molar-refractivity contribution in [3.63, 3.8) is 0 Å². The number of aryl methyl sites for hydroxylation is 3. The molecule has 5 nitrogen and oxygen atoms in total. The average molecular weight is 339 g/mol. The molecular formula is C20H25N3O2. The summed E-state index contributed by atoms with van der Waals surface area (Å²) in [6.45, 7) is 11.2. The molecule has 0 bridgehead atoms. The summed E-state index contributed by atoms with van der Waals surface area (Å²) in [4.78, 5) is 28.8. The van der Waals surface area contributed by atoms with E-state index in [1.807, 2.05) is 47.6 Å². The van der Waals surface area contributed by atoms with E-state index < -0.39 is 5.41 Å². The maximum atomic E-state index is 12.4. The Morgan fingerprint density at radius 2 is 1.52 bits per heavy atom. The molecule has 1 heterocycles. The van der Waals surface area contributed by atoms with Gasteiger partial charge in [-0.1, -0.05) is 20.8 Å². The lowest BCUT2D eigenvalue weighted by molar-refractivity contribution is -0.123. The van der Waals surface area contributed by atoms with Crippen LogP contribution < -0.4 is 10.6 Å². The Morgan fingerprint density at radius 3 is 2.04 bits per heavy atom. The summed E-state index contributed by atoms with van der Waals surface area (Å²) in [5.74, 6) is -0.227. The van der Waals surface area contributed by atoms with Gasteiger partial charge in [-0.15, -0.1) is 0 Å². The zero-order chi connectivity index (χ0) is 18.8. The highest BCUT2D eigenvalue weighted by molar-refractivity contribution is 6.04. The number of amides is 2. The molecule has 5 heteroatoms. The summed E-state index contributed by atoms with van der Waals surface area (Å²) in [5.41, 5.74) is 4.04. The first-order chi connectivity index (χ1) is 11.6. The monoisotopic (exact) mass is 339 g/mol. The second kappa shape index (κ2) is 7.05. The molecule has 0 unspecified atom stereocenters. The second-order valence-electron chi connectivity index (χ2n) is 7.33. The maximum Gasteiger partial charge on any atom is 0.255 e. The van der Waals surface area contributed by atoms with E-state index in [1.165, 1.54) is 0 Å². The van der Waals surface area contributed by atoms with Crippen molar-refractivity contribution >= 4 is 23.2 Å². The number of benzene rings is 1. The predicted molar refractivity (Wildman–Crippen MR) is 101 cm³/mol. The molecule has 25 heavy (non-hydrogen) atoms. The Kier molecular flexibility index (Phi) is 5.26. The molecule has 0 saturated carbocycles. The van der Waals surface area contributed by atoms with Gasteiger partial charge in [-0.3, -0.25) is 14.6 Å². The number of pyridine rings is 1. The normalized spacial score (nSPS) is 11.1. The molecule has 2 N–H and O–H groups in total. The van der Waals surface area contributed by atoms with Crippen LogP contribution in [0.1, 0.15) is 48.1 Å². The van der Waals surface area contributed by atoms with Gasteiger partial charge in [-0.05, 0) is 56.7 Å². The molecule has 2 amide bonds. The third kappa shape index (κ3) is 4.89. The molecule has 0 aliphatic carbocycles. The van der Waals surface area contributed by atoms with Crippen LogP contribution in [0.15, 0.2) is 30.3 Å². The fourth-order valence-electron chi connectivity index (χ4n) is 2.36. The summed E-state index contributed by atoms with van der Waals surface area (Å²) in [6.07, 6.45) is 0. The molecule has 132 valence electrons. The van der Waals surface area contributed by atoms with Gasteiger partial charge in [0, 0.05) is 33.7 Å². The van der Waals surface area contributed by atoms with Crippen LogP contribution >= 0.6 is 0 Å². The summed E-state index contributed by atoms with van der Waals surface area (Å²) in [7, 11) is 0. The molecule has 1 aromatic carbocycles.